The van der Waals surface area contributed by atoms with Gasteiger partial charge in [-0.05, 0) is 31.2 Å². The van der Waals surface area contributed by atoms with Crippen LogP contribution in [0.3, 0.4) is 0 Å². The van der Waals surface area contributed by atoms with Crippen LogP contribution in [0.5, 0.6) is 0 Å². The number of nitrogens with zero attached hydrogens (tertiary/aromatic N) is 3. The van der Waals surface area contributed by atoms with Crippen molar-refractivity contribution < 1.29 is 0 Å². The lowest BCUT2D eigenvalue weighted by atomic mass is 10.1. The monoisotopic (exact) mass is 255 g/mol. The molecule has 0 fully saturated rings. The number of pyridine rings is 3. The van der Waals surface area contributed by atoms with Crippen molar-refractivity contribution in [3.8, 4) is 11.1 Å². The van der Waals surface area contributed by atoms with Crippen LogP contribution in [0.25, 0.3) is 22.2 Å². The van der Waals surface area contributed by atoms with Gasteiger partial charge in [0.2, 0.25) is 0 Å². The fourth-order valence-electron chi connectivity index (χ4n) is 1.92. The van der Waals surface area contributed by atoms with Gasteiger partial charge in [-0.2, -0.15) is 0 Å². The lowest BCUT2D eigenvalue weighted by molar-refractivity contribution is 1.20. The molecule has 0 radical (unpaired) electrons. The van der Waals surface area contributed by atoms with Gasteiger partial charge in [0.25, 0.3) is 0 Å². The molecule has 3 aromatic heterocycles. The van der Waals surface area contributed by atoms with E-state index in [4.69, 9.17) is 11.6 Å². The number of rotatable bonds is 1. The highest BCUT2D eigenvalue weighted by atomic mass is 35.5. The first kappa shape index (κ1) is 11.1. The molecule has 0 saturated heterocycles. The second-order valence-electron chi connectivity index (χ2n) is 4.03. The van der Waals surface area contributed by atoms with Gasteiger partial charge in [0, 0.05) is 29.2 Å². The highest BCUT2D eigenvalue weighted by molar-refractivity contribution is 6.29. The van der Waals surface area contributed by atoms with E-state index >= 15 is 0 Å². The van der Waals surface area contributed by atoms with Crippen LogP contribution in [0.15, 0.2) is 42.7 Å². The summed E-state index contributed by atoms with van der Waals surface area (Å²) in [5.74, 6) is 0. The van der Waals surface area contributed by atoms with Crippen LogP contribution < -0.4 is 0 Å². The molecule has 0 bridgehead atoms. The quantitative estimate of drug-likeness (QED) is 0.623. The van der Waals surface area contributed by atoms with Crippen LogP contribution in [-0.2, 0) is 0 Å². The topological polar surface area (TPSA) is 38.7 Å². The van der Waals surface area contributed by atoms with E-state index in [0.29, 0.717) is 5.15 Å². The molecule has 18 heavy (non-hydrogen) atoms. The zero-order valence-electron chi connectivity index (χ0n) is 9.76. The Morgan fingerprint density at radius 3 is 2.78 bits per heavy atom. The number of hydrogen-bond donors (Lipinski definition) is 0. The minimum atomic E-state index is 0.476. The summed E-state index contributed by atoms with van der Waals surface area (Å²) in [4.78, 5) is 12.9. The normalized spacial score (nSPS) is 10.8. The largest absolute Gasteiger partial charge is 0.261 e. The standard InChI is InChI=1S/C14H10ClN3/c1-9-11(3-2-6-16-9)10-7-13-12(17-8-10)4-5-14(15)18-13/h2-8H,1H3. The lowest BCUT2D eigenvalue weighted by Crippen LogP contribution is -1.89. The minimum absolute atomic E-state index is 0.476. The van der Waals surface area contributed by atoms with Crippen molar-refractivity contribution in [1.82, 2.24) is 15.0 Å². The van der Waals surface area contributed by atoms with Gasteiger partial charge >= 0.3 is 0 Å². The molecule has 0 atom stereocenters. The summed E-state index contributed by atoms with van der Waals surface area (Å²) in [5, 5.41) is 0.476. The van der Waals surface area contributed by atoms with Gasteiger partial charge in [0.05, 0.1) is 11.0 Å². The third-order valence-electron chi connectivity index (χ3n) is 2.82. The van der Waals surface area contributed by atoms with Crippen molar-refractivity contribution in [2.75, 3.05) is 0 Å². The van der Waals surface area contributed by atoms with Gasteiger partial charge in [-0.25, -0.2) is 4.98 Å². The van der Waals surface area contributed by atoms with Crippen molar-refractivity contribution in [2.45, 2.75) is 6.92 Å². The molecule has 0 aliphatic carbocycles. The van der Waals surface area contributed by atoms with Crippen molar-refractivity contribution in [1.29, 1.82) is 0 Å². The third-order valence-corrected chi connectivity index (χ3v) is 3.03. The third kappa shape index (κ3) is 1.93. The van der Waals surface area contributed by atoms with Gasteiger partial charge in [0.1, 0.15) is 5.15 Å². The predicted octanol–water partition coefficient (Wildman–Crippen LogP) is 3.65. The lowest BCUT2D eigenvalue weighted by Gasteiger charge is -2.05. The number of fused-ring (bicyclic) bond motifs is 1. The smallest absolute Gasteiger partial charge is 0.129 e. The molecule has 88 valence electrons. The first-order valence-electron chi connectivity index (χ1n) is 5.58. The van der Waals surface area contributed by atoms with E-state index in [0.717, 1.165) is 27.9 Å². The molecule has 0 spiro atoms. The highest BCUT2D eigenvalue weighted by Crippen LogP contribution is 2.24. The highest BCUT2D eigenvalue weighted by Gasteiger charge is 2.05. The molecule has 0 N–H and O–H groups in total. The van der Waals surface area contributed by atoms with Gasteiger partial charge in [0.15, 0.2) is 0 Å². The summed E-state index contributed by atoms with van der Waals surface area (Å²) >= 11 is 5.90. The molecule has 3 aromatic rings. The molecular formula is C14H10ClN3. The minimum Gasteiger partial charge on any atom is -0.261 e. The molecule has 0 amide bonds. The molecular weight excluding hydrogens is 246 g/mol. The Kier molecular flexibility index (Phi) is 2.68. The maximum Gasteiger partial charge on any atom is 0.129 e. The summed E-state index contributed by atoms with van der Waals surface area (Å²) in [5.41, 5.74) is 4.67. The zero-order valence-corrected chi connectivity index (χ0v) is 10.5. The Hall–Kier alpha value is -2.00. The van der Waals surface area contributed by atoms with Crippen LogP contribution in [0.1, 0.15) is 5.69 Å². The second-order valence-corrected chi connectivity index (χ2v) is 4.42. The summed E-state index contributed by atoms with van der Waals surface area (Å²) in [7, 11) is 0. The number of halogens is 1. The first-order valence-corrected chi connectivity index (χ1v) is 5.96. The summed E-state index contributed by atoms with van der Waals surface area (Å²) < 4.78 is 0. The van der Waals surface area contributed by atoms with Crippen LogP contribution >= 0.6 is 11.6 Å². The molecule has 3 heterocycles. The molecule has 0 aromatic carbocycles. The summed E-state index contributed by atoms with van der Waals surface area (Å²) in [6.45, 7) is 1.98. The van der Waals surface area contributed by atoms with E-state index < -0.39 is 0 Å². The van der Waals surface area contributed by atoms with Crippen molar-refractivity contribution in [3.05, 3.63) is 53.6 Å². The van der Waals surface area contributed by atoms with Crippen LogP contribution in [0.4, 0.5) is 0 Å². The van der Waals surface area contributed by atoms with Gasteiger partial charge in [-0.1, -0.05) is 17.7 Å². The molecule has 3 rings (SSSR count). The van der Waals surface area contributed by atoms with Crippen LogP contribution in [0.2, 0.25) is 5.15 Å². The Bertz CT molecular complexity index is 725. The van der Waals surface area contributed by atoms with E-state index in [1.54, 1.807) is 12.3 Å². The van der Waals surface area contributed by atoms with Gasteiger partial charge in [-0.3, -0.25) is 9.97 Å². The molecule has 0 aliphatic heterocycles. The Morgan fingerprint density at radius 2 is 1.94 bits per heavy atom. The number of hydrogen-bond acceptors (Lipinski definition) is 3. The first-order chi connectivity index (χ1) is 8.74. The van der Waals surface area contributed by atoms with Crippen LogP contribution in [0, 0.1) is 6.92 Å². The maximum absolute atomic E-state index is 5.90. The Morgan fingerprint density at radius 1 is 1.06 bits per heavy atom. The molecule has 0 aliphatic rings. The summed E-state index contributed by atoms with van der Waals surface area (Å²) in [6, 6.07) is 9.53. The molecule has 4 heteroatoms. The van der Waals surface area contributed by atoms with Crippen molar-refractivity contribution >= 4 is 22.6 Å². The Balaban J connectivity index is 2.22. The molecule has 0 unspecified atom stereocenters. The van der Waals surface area contributed by atoms with Crippen molar-refractivity contribution in [3.63, 3.8) is 0 Å². The van der Waals surface area contributed by atoms with Gasteiger partial charge in [-0.15, -0.1) is 0 Å². The van der Waals surface area contributed by atoms with Crippen molar-refractivity contribution in [2.24, 2.45) is 0 Å². The number of aromatic nitrogens is 3. The average Bonchev–Trinajstić information content (AvgIpc) is 2.38. The Labute approximate surface area is 109 Å². The van der Waals surface area contributed by atoms with Crippen LogP contribution in [-0.4, -0.2) is 15.0 Å². The maximum atomic E-state index is 5.90. The van der Waals surface area contributed by atoms with E-state index in [1.807, 2.05) is 37.4 Å². The zero-order chi connectivity index (χ0) is 12.5. The summed E-state index contributed by atoms with van der Waals surface area (Å²) in [6.07, 6.45) is 3.62. The van der Waals surface area contributed by atoms with E-state index in [9.17, 15) is 0 Å². The molecule has 3 nitrogen and oxygen atoms in total. The fraction of sp³-hybridized carbons (Fsp3) is 0.0714. The van der Waals surface area contributed by atoms with E-state index in [1.165, 1.54) is 0 Å². The second kappa shape index (κ2) is 4.35. The predicted molar refractivity (Wildman–Crippen MR) is 72.5 cm³/mol. The van der Waals surface area contributed by atoms with Gasteiger partial charge < -0.3 is 0 Å². The molecule has 0 saturated carbocycles. The number of aryl methyl sites for hydroxylation is 1. The fourth-order valence-corrected chi connectivity index (χ4v) is 2.07. The average molecular weight is 256 g/mol. The van der Waals surface area contributed by atoms with E-state index in [-0.39, 0.29) is 0 Å². The van der Waals surface area contributed by atoms with E-state index in [2.05, 4.69) is 15.0 Å². The SMILES string of the molecule is Cc1ncccc1-c1cnc2ccc(Cl)nc2c1.